The minimum atomic E-state index is 0.686. The lowest BCUT2D eigenvalue weighted by Crippen LogP contribution is -2.30. The van der Waals surface area contributed by atoms with Gasteiger partial charge in [-0.1, -0.05) is 6.07 Å². The Morgan fingerprint density at radius 2 is 2.12 bits per heavy atom. The fourth-order valence-corrected chi connectivity index (χ4v) is 2.89. The molecule has 0 radical (unpaired) electrons. The number of likely N-dealkylation sites (tertiary alicyclic amines) is 1. The molecule has 0 amide bonds. The number of hydrogen-bond donors (Lipinski definition) is 1. The minimum Gasteiger partial charge on any atom is -0.312 e. The van der Waals surface area contributed by atoms with Crippen LogP contribution in [0.25, 0.3) is 0 Å². The van der Waals surface area contributed by atoms with Crippen molar-refractivity contribution in [3.8, 4) is 0 Å². The Balaban J connectivity index is 1.79. The van der Waals surface area contributed by atoms with Crippen LogP contribution in [0.3, 0.4) is 0 Å². The molecule has 0 aliphatic carbocycles. The average Bonchev–Trinajstić information content (AvgIpc) is 2.39. The van der Waals surface area contributed by atoms with E-state index in [9.17, 15) is 0 Å². The van der Waals surface area contributed by atoms with Crippen LogP contribution in [-0.4, -0.2) is 36.6 Å². The van der Waals surface area contributed by atoms with Crippen molar-refractivity contribution in [3.05, 3.63) is 29.1 Å². The van der Waals surface area contributed by atoms with E-state index in [1.54, 1.807) is 0 Å². The first kappa shape index (κ1) is 11.2. The number of rotatable bonds is 1. The molecule has 0 atom stereocenters. The standard InChI is InChI=1S/C14H21N3/c1-17-8-5-11(6-9-17)13-3-2-12-10-15-7-4-14(12)16-13/h2-3,11,15H,4-10H2,1H3. The summed E-state index contributed by atoms with van der Waals surface area (Å²) in [6.45, 7) is 4.50. The fraction of sp³-hybridized carbons (Fsp3) is 0.643. The van der Waals surface area contributed by atoms with Gasteiger partial charge < -0.3 is 10.2 Å². The summed E-state index contributed by atoms with van der Waals surface area (Å²) in [7, 11) is 2.21. The van der Waals surface area contributed by atoms with Gasteiger partial charge in [-0.2, -0.15) is 0 Å². The first-order chi connectivity index (χ1) is 8.33. The summed E-state index contributed by atoms with van der Waals surface area (Å²) in [4.78, 5) is 7.32. The highest BCUT2D eigenvalue weighted by Gasteiger charge is 2.20. The van der Waals surface area contributed by atoms with Gasteiger partial charge in [0.1, 0.15) is 0 Å². The van der Waals surface area contributed by atoms with Crippen LogP contribution in [0.15, 0.2) is 12.1 Å². The predicted octanol–water partition coefficient (Wildman–Crippen LogP) is 1.54. The Labute approximate surface area is 103 Å². The summed E-state index contributed by atoms with van der Waals surface area (Å²) in [6, 6.07) is 4.53. The molecule has 1 aromatic rings. The highest BCUT2D eigenvalue weighted by atomic mass is 15.1. The van der Waals surface area contributed by atoms with Crippen LogP contribution < -0.4 is 5.32 Å². The maximum absolute atomic E-state index is 4.90. The monoisotopic (exact) mass is 231 g/mol. The van der Waals surface area contributed by atoms with Crippen molar-refractivity contribution < 1.29 is 0 Å². The van der Waals surface area contributed by atoms with Crippen LogP contribution in [0.2, 0.25) is 0 Å². The van der Waals surface area contributed by atoms with Crippen LogP contribution in [0.4, 0.5) is 0 Å². The number of piperidine rings is 1. The molecule has 0 unspecified atom stereocenters. The quantitative estimate of drug-likeness (QED) is 0.794. The molecular formula is C14H21N3. The van der Waals surface area contributed by atoms with E-state index in [-0.39, 0.29) is 0 Å². The van der Waals surface area contributed by atoms with Crippen LogP contribution in [0.5, 0.6) is 0 Å². The van der Waals surface area contributed by atoms with Gasteiger partial charge in [0.15, 0.2) is 0 Å². The summed E-state index contributed by atoms with van der Waals surface area (Å²) < 4.78 is 0. The zero-order valence-corrected chi connectivity index (χ0v) is 10.6. The second kappa shape index (κ2) is 4.75. The van der Waals surface area contributed by atoms with Crippen molar-refractivity contribution in [1.29, 1.82) is 0 Å². The van der Waals surface area contributed by atoms with E-state index in [1.807, 2.05) is 0 Å². The van der Waals surface area contributed by atoms with Gasteiger partial charge in [-0.05, 0) is 44.6 Å². The van der Waals surface area contributed by atoms with Gasteiger partial charge in [-0.3, -0.25) is 4.98 Å². The average molecular weight is 231 g/mol. The zero-order valence-electron chi connectivity index (χ0n) is 10.6. The van der Waals surface area contributed by atoms with Gasteiger partial charge in [0.05, 0.1) is 0 Å². The maximum atomic E-state index is 4.90. The molecule has 2 aliphatic heterocycles. The first-order valence-corrected chi connectivity index (χ1v) is 6.71. The molecule has 3 heteroatoms. The van der Waals surface area contributed by atoms with Gasteiger partial charge in [-0.15, -0.1) is 0 Å². The molecule has 1 aromatic heterocycles. The normalized spacial score (nSPS) is 22.4. The van der Waals surface area contributed by atoms with Crippen LogP contribution in [0.1, 0.15) is 35.7 Å². The SMILES string of the molecule is CN1CCC(c2ccc3c(n2)CCNC3)CC1. The molecule has 3 rings (SSSR count). The van der Waals surface area contributed by atoms with Gasteiger partial charge >= 0.3 is 0 Å². The smallest absolute Gasteiger partial charge is 0.0464 e. The fourth-order valence-electron chi connectivity index (χ4n) is 2.89. The van der Waals surface area contributed by atoms with Crippen molar-refractivity contribution in [1.82, 2.24) is 15.2 Å². The third-order valence-electron chi connectivity index (χ3n) is 4.08. The van der Waals surface area contributed by atoms with E-state index in [0.29, 0.717) is 5.92 Å². The minimum absolute atomic E-state index is 0.686. The van der Waals surface area contributed by atoms with Crippen LogP contribution in [-0.2, 0) is 13.0 Å². The molecule has 17 heavy (non-hydrogen) atoms. The Morgan fingerprint density at radius 3 is 2.94 bits per heavy atom. The molecule has 0 saturated carbocycles. The highest BCUT2D eigenvalue weighted by Crippen LogP contribution is 2.27. The van der Waals surface area contributed by atoms with Crippen molar-refractivity contribution >= 4 is 0 Å². The van der Waals surface area contributed by atoms with E-state index in [0.717, 1.165) is 19.5 Å². The molecule has 3 heterocycles. The molecule has 2 aliphatic rings. The third-order valence-corrected chi connectivity index (χ3v) is 4.08. The first-order valence-electron chi connectivity index (χ1n) is 6.71. The number of hydrogen-bond acceptors (Lipinski definition) is 3. The zero-order chi connectivity index (χ0) is 11.7. The summed E-state index contributed by atoms with van der Waals surface area (Å²) in [5, 5.41) is 3.40. The number of nitrogens with one attached hydrogen (secondary N) is 1. The molecule has 1 N–H and O–H groups in total. The van der Waals surface area contributed by atoms with Crippen molar-refractivity contribution in [2.45, 2.75) is 31.7 Å². The lowest BCUT2D eigenvalue weighted by atomic mass is 9.92. The summed E-state index contributed by atoms with van der Waals surface area (Å²) >= 11 is 0. The second-order valence-corrected chi connectivity index (χ2v) is 5.35. The molecule has 92 valence electrons. The highest BCUT2D eigenvalue weighted by molar-refractivity contribution is 5.26. The van der Waals surface area contributed by atoms with Crippen LogP contribution >= 0.6 is 0 Å². The Morgan fingerprint density at radius 1 is 1.29 bits per heavy atom. The van der Waals surface area contributed by atoms with Gasteiger partial charge in [0.2, 0.25) is 0 Å². The molecular weight excluding hydrogens is 210 g/mol. The van der Waals surface area contributed by atoms with Crippen molar-refractivity contribution in [2.75, 3.05) is 26.7 Å². The summed E-state index contributed by atoms with van der Waals surface area (Å²) in [5.41, 5.74) is 4.06. The van der Waals surface area contributed by atoms with E-state index in [1.165, 1.54) is 42.9 Å². The van der Waals surface area contributed by atoms with E-state index < -0.39 is 0 Å². The molecule has 1 fully saturated rings. The van der Waals surface area contributed by atoms with E-state index >= 15 is 0 Å². The molecule has 0 aromatic carbocycles. The van der Waals surface area contributed by atoms with Crippen molar-refractivity contribution in [3.63, 3.8) is 0 Å². The van der Waals surface area contributed by atoms with E-state index in [4.69, 9.17) is 4.98 Å². The Bertz CT molecular complexity index is 394. The number of fused-ring (bicyclic) bond motifs is 1. The lowest BCUT2D eigenvalue weighted by Gasteiger charge is -2.29. The third kappa shape index (κ3) is 2.35. The van der Waals surface area contributed by atoms with E-state index in [2.05, 4.69) is 29.4 Å². The molecule has 0 bridgehead atoms. The van der Waals surface area contributed by atoms with Gasteiger partial charge in [0.25, 0.3) is 0 Å². The molecule has 0 spiro atoms. The topological polar surface area (TPSA) is 28.2 Å². The number of pyridine rings is 1. The molecule has 1 saturated heterocycles. The Hall–Kier alpha value is -0.930. The Kier molecular flexibility index (Phi) is 3.12. The molecule has 3 nitrogen and oxygen atoms in total. The number of aromatic nitrogens is 1. The maximum Gasteiger partial charge on any atom is 0.0464 e. The predicted molar refractivity (Wildman–Crippen MR) is 69.1 cm³/mol. The van der Waals surface area contributed by atoms with Gasteiger partial charge in [0, 0.05) is 36.8 Å². The van der Waals surface area contributed by atoms with Crippen molar-refractivity contribution in [2.24, 2.45) is 0 Å². The summed E-state index contributed by atoms with van der Waals surface area (Å²) in [5.74, 6) is 0.686. The lowest BCUT2D eigenvalue weighted by molar-refractivity contribution is 0.253. The van der Waals surface area contributed by atoms with Gasteiger partial charge in [-0.25, -0.2) is 0 Å². The largest absolute Gasteiger partial charge is 0.312 e. The number of nitrogens with zero attached hydrogens (tertiary/aromatic N) is 2. The van der Waals surface area contributed by atoms with Crippen LogP contribution in [0, 0.1) is 0 Å². The summed E-state index contributed by atoms with van der Waals surface area (Å²) in [6.07, 6.45) is 3.62. The second-order valence-electron chi connectivity index (χ2n) is 5.35.